The van der Waals surface area contributed by atoms with Crippen molar-refractivity contribution in [1.82, 2.24) is 10.3 Å². The monoisotopic (exact) mass is 282 g/mol. The third-order valence-corrected chi connectivity index (χ3v) is 3.75. The predicted octanol–water partition coefficient (Wildman–Crippen LogP) is 3.93. The zero-order valence-electron chi connectivity index (χ0n) is 13.2. The Morgan fingerprint density at radius 3 is 2.71 bits per heavy atom. The van der Waals surface area contributed by atoms with Crippen molar-refractivity contribution in [2.75, 3.05) is 6.54 Å². The Bertz CT molecular complexity index is 522. The number of hydrogen-bond donors (Lipinski definition) is 1. The average molecular weight is 282 g/mol. The second-order valence-corrected chi connectivity index (χ2v) is 5.74. The van der Waals surface area contributed by atoms with E-state index in [9.17, 15) is 0 Å². The van der Waals surface area contributed by atoms with Gasteiger partial charge in [0.15, 0.2) is 0 Å². The predicted molar refractivity (Wildman–Crippen MR) is 89.5 cm³/mol. The van der Waals surface area contributed by atoms with E-state index in [0.29, 0.717) is 6.04 Å². The zero-order chi connectivity index (χ0) is 14.9. The highest BCUT2D eigenvalue weighted by Crippen LogP contribution is 2.11. The van der Waals surface area contributed by atoms with Crippen LogP contribution in [0.1, 0.15) is 36.5 Å². The van der Waals surface area contributed by atoms with Crippen LogP contribution in [0.4, 0.5) is 0 Å². The van der Waals surface area contributed by atoms with Gasteiger partial charge in [0.2, 0.25) is 0 Å². The molecule has 1 atom stereocenters. The molecule has 2 heteroatoms. The van der Waals surface area contributed by atoms with Gasteiger partial charge in [0.05, 0.1) is 0 Å². The lowest BCUT2D eigenvalue weighted by atomic mass is 9.98. The summed E-state index contributed by atoms with van der Waals surface area (Å²) in [6.45, 7) is 5.47. The Labute approximate surface area is 128 Å². The summed E-state index contributed by atoms with van der Waals surface area (Å²) in [5, 5.41) is 3.69. The van der Waals surface area contributed by atoms with Crippen molar-refractivity contribution in [2.24, 2.45) is 0 Å². The second-order valence-electron chi connectivity index (χ2n) is 5.74. The van der Waals surface area contributed by atoms with E-state index in [0.717, 1.165) is 25.8 Å². The van der Waals surface area contributed by atoms with Gasteiger partial charge in [-0.3, -0.25) is 4.98 Å². The Morgan fingerprint density at radius 2 is 2.00 bits per heavy atom. The fourth-order valence-corrected chi connectivity index (χ4v) is 2.64. The van der Waals surface area contributed by atoms with Gasteiger partial charge in [-0.1, -0.05) is 42.8 Å². The molecule has 1 heterocycles. The molecule has 2 nitrogen and oxygen atoms in total. The lowest BCUT2D eigenvalue weighted by Gasteiger charge is -2.19. The molecule has 1 aromatic heterocycles. The number of benzene rings is 1. The maximum Gasteiger partial charge on any atom is 0.0299 e. The molecule has 0 aliphatic heterocycles. The van der Waals surface area contributed by atoms with Gasteiger partial charge in [-0.05, 0) is 56.3 Å². The Kier molecular flexibility index (Phi) is 6.42. The first kappa shape index (κ1) is 15.7. The maximum atomic E-state index is 4.20. The smallest absolute Gasteiger partial charge is 0.0299 e. The van der Waals surface area contributed by atoms with Crippen molar-refractivity contribution < 1.29 is 0 Å². The topological polar surface area (TPSA) is 24.9 Å². The standard InChI is InChI=1S/C19H26N2/c1-3-11-21-19(10-9-17-8-5-12-20-15-17)14-18-7-4-6-16(2)13-18/h4-8,12-13,15,19,21H,3,9-11,14H2,1-2H3. The molecular formula is C19H26N2. The van der Waals surface area contributed by atoms with E-state index in [1.165, 1.54) is 23.1 Å². The molecule has 0 aliphatic carbocycles. The van der Waals surface area contributed by atoms with E-state index in [-0.39, 0.29) is 0 Å². The lowest BCUT2D eigenvalue weighted by Crippen LogP contribution is -2.32. The molecule has 1 unspecified atom stereocenters. The molecular weight excluding hydrogens is 256 g/mol. The molecule has 2 aromatic rings. The van der Waals surface area contributed by atoms with Gasteiger partial charge in [-0.15, -0.1) is 0 Å². The first-order chi connectivity index (χ1) is 10.3. The summed E-state index contributed by atoms with van der Waals surface area (Å²) < 4.78 is 0. The van der Waals surface area contributed by atoms with Gasteiger partial charge >= 0.3 is 0 Å². The molecule has 0 spiro atoms. The van der Waals surface area contributed by atoms with Gasteiger partial charge in [0.1, 0.15) is 0 Å². The zero-order valence-corrected chi connectivity index (χ0v) is 13.2. The van der Waals surface area contributed by atoms with Crippen LogP contribution in [0.5, 0.6) is 0 Å². The molecule has 1 N–H and O–H groups in total. The van der Waals surface area contributed by atoms with Gasteiger partial charge in [0, 0.05) is 18.4 Å². The summed E-state index contributed by atoms with van der Waals surface area (Å²) in [7, 11) is 0. The highest BCUT2D eigenvalue weighted by atomic mass is 14.9. The summed E-state index contributed by atoms with van der Waals surface area (Å²) in [6, 6.07) is 13.6. The van der Waals surface area contributed by atoms with Crippen LogP contribution in [0.25, 0.3) is 0 Å². The minimum absolute atomic E-state index is 0.534. The highest BCUT2D eigenvalue weighted by Gasteiger charge is 2.09. The first-order valence-corrected chi connectivity index (χ1v) is 7.95. The maximum absolute atomic E-state index is 4.20. The largest absolute Gasteiger partial charge is 0.314 e. The molecule has 0 saturated heterocycles. The van der Waals surface area contributed by atoms with E-state index in [1.807, 2.05) is 18.5 Å². The van der Waals surface area contributed by atoms with Crippen molar-refractivity contribution in [3.8, 4) is 0 Å². The number of pyridine rings is 1. The van der Waals surface area contributed by atoms with Crippen LogP contribution in [-0.2, 0) is 12.8 Å². The number of aryl methyl sites for hydroxylation is 2. The fourth-order valence-electron chi connectivity index (χ4n) is 2.64. The van der Waals surface area contributed by atoms with Crippen LogP contribution in [0.15, 0.2) is 48.8 Å². The molecule has 0 aliphatic rings. The molecule has 0 bridgehead atoms. The number of aromatic nitrogens is 1. The van der Waals surface area contributed by atoms with Crippen LogP contribution in [0, 0.1) is 6.92 Å². The van der Waals surface area contributed by atoms with Gasteiger partial charge in [0.25, 0.3) is 0 Å². The van der Waals surface area contributed by atoms with Crippen molar-refractivity contribution in [1.29, 1.82) is 0 Å². The number of nitrogens with one attached hydrogen (secondary N) is 1. The summed E-state index contributed by atoms with van der Waals surface area (Å²) >= 11 is 0. The van der Waals surface area contributed by atoms with Gasteiger partial charge in [-0.2, -0.15) is 0 Å². The van der Waals surface area contributed by atoms with E-state index < -0.39 is 0 Å². The fraction of sp³-hybridized carbons (Fsp3) is 0.421. The Balaban J connectivity index is 1.94. The van der Waals surface area contributed by atoms with Crippen molar-refractivity contribution in [2.45, 2.75) is 45.6 Å². The molecule has 112 valence electrons. The number of hydrogen-bond acceptors (Lipinski definition) is 2. The minimum Gasteiger partial charge on any atom is -0.314 e. The molecule has 0 amide bonds. The molecule has 0 fully saturated rings. The van der Waals surface area contributed by atoms with E-state index in [4.69, 9.17) is 0 Å². The molecule has 21 heavy (non-hydrogen) atoms. The van der Waals surface area contributed by atoms with Gasteiger partial charge < -0.3 is 5.32 Å². The second kappa shape index (κ2) is 8.58. The van der Waals surface area contributed by atoms with Crippen molar-refractivity contribution in [3.05, 3.63) is 65.5 Å². The molecule has 0 radical (unpaired) electrons. The van der Waals surface area contributed by atoms with Crippen LogP contribution < -0.4 is 5.32 Å². The third-order valence-electron chi connectivity index (χ3n) is 3.75. The Hall–Kier alpha value is -1.67. The van der Waals surface area contributed by atoms with Crippen LogP contribution in [0.2, 0.25) is 0 Å². The third kappa shape index (κ3) is 5.68. The van der Waals surface area contributed by atoms with E-state index in [1.54, 1.807) is 0 Å². The summed E-state index contributed by atoms with van der Waals surface area (Å²) in [4.78, 5) is 4.20. The minimum atomic E-state index is 0.534. The number of nitrogens with zero attached hydrogens (tertiary/aromatic N) is 1. The quantitative estimate of drug-likeness (QED) is 0.793. The van der Waals surface area contributed by atoms with Crippen molar-refractivity contribution in [3.63, 3.8) is 0 Å². The van der Waals surface area contributed by atoms with E-state index in [2.05, 4.69) is 54.5 Å². The Morgan fingerprint density at radius 1 is 1.14 bits per heavy atom. The van der Waals surface area contributed by atoms with Crippen LogP contribution in [-0.4, -0.2) is 17.6 Å². The van der Waals surface area contributed by atoms with Crippen LogP contribution >= 0.6 is 0 Å². The molecule has 0 saturated carbocycles. The highest BCUT2D eigenvalue weighted by molar-refractivity contribution is 5.23. The normalized spacial score (nSPS) is 12.3. The number of rotatable bonds is 8. The summed E-state index contributed by atoms with van der Waals surface area (Å²) in [5.41, 5.74) is 4.09. The summed E-state index contributed by atoms with van der Waals surface area (Å²) in [5.74, 6) is 0. The van der Waals surface area contributed by atoms with Gasteiger partial charge in [-0.25, -0.2) is 0 Å². The first-order valence-electron chi connectivity index (χ1n) is 7.95. The van der Waals surface area contributed by atoms with E-state index >= 15 is 0 Å². The SMILES string of the molecule is CCCNC(CCc1cccnc1)Cc1cccc(C)c1. The lowest BCUT2D eigenvalue weighted by molar-refractivity contribution is 0.477. The average Bonchev–Trinajstić information content (AvgIpc) is 2.51. The molecule has 2 rings (SSSR count). The summed E-state index contributed by atoms with van der Waals surface area (Å²) in [6.07, 6.45) is 8.33. The van der Waals surface area contributed by atoms with Crippen LogP contribution in [0.3, 0.4) is 0 Å². The molecule has 1 aromatic carbocycles. The van der Waals surface area contributed by atoms with Crippen molar-refractivity contribution >= 4 is 0 Å².